The van der Waals surface area contributed by atoms with E-state index in [-0.39, 0.29) is 6.04 Å². The second-order valence-corrected chi connectivity index (χ2v) is 4.88. The zero-order valence-corrected chi connectivity index (χ0v) is 11.2. The number of nitrogens with one attached hydrogen (secondary N) is 1. The number of benzene rings is 1. The van der Waals surface area contributed by atoms with Crippen LogP contribution in [0.3, 0.4) is 0 Å². The van der Waals surface area contributed by atoms with Crippen LogP contribution >= 0.6 is 0 Å². The van der Waals surface area contributed by atoms with Crippen molar-refractivity contribution in [3.63, 3.8) is 0 Å². The summed E-state index contributed by atoms with van der Waals surface area (Å²) in [6, 6.07) is 6.12. The van der Waals surface area contributed by atoms with E-state index in [4.69, 9.17) is 10.6 Å². The van der Waals surface area contributed by atoms with Crippen LogP contribution in [-0.2, 0) is 13.5 Å². The van der Waals surface area contributed by atoms with E-state index >= 15 is 0 Å². The van der Waals surface area contributed by atoms with Crippen LogP contribution in [0.15, 0.2) is 24.4 Å². The zero-order chi connectivity index (χ0) is 13.4. The average Bonchev–Trinajstić information content (AvgIpc) is 2.98. The van der Waals surface area contributed by atoms with Gasteiger partial charge in [0.25, 0.3) is 0 Å². The van der Waals surface area contributed by atoms with Gasteiger partial charge in [-0.25, -0.2) is 5.43 Å². The van der Waals surface area contributed by atoms with E-state index in [1.807, 2.05) is 20.2 Å². The van der Waals surface area contributed by atoms with Crippen LogP contribution in [0.4, 0.5) is 0 Å². The summed E-state index contributed by atoms with van der Waals surface area (Å²) in [7, 11) is 1.91. The molecule has 1 aromatic carbocycles. The molecule has 0 spiro atoms. The van der Waals surface area contributed by atoms with Crippen molar-refractivity contribution in [3.8, 4) is 5.75 Å². The van der Waals surface area contributed by atoms with Crippen LogP contribution in [-0.4, -0.2) is 16.4 Å². The topological polar surface area (TPSA) is 65.1 Å². The lowest BCUT2D eigenvalue weighted by atomic mass is 9.97. The Balaban J connectivity index is 2.09. The molecule has 0 saturated carbocycles. The van der Waals surface area contributed by atoms with Gasteiger partial charge in [0.2, 0.25) is 0 Å². The Morgan fingerprint density at radius 3 is 2.95 bits per heavy atom. The number of rotatable bonds is 3. The van der Waals surface area contributed by atoms with Gasteiger partial charge in [-0.1, -0.05) is 18.2 Å². The molecule has 2 heterocycles. The summed E-state index contributed by atoms with van der Waals surface area (Å²) in [5, 5.41) is 4.38. The van der Waals surface area contributed by atoms with Gasteiger partial charge in [-0.05, 0) is 12.5 Å². The first-order valence-electron chi connectivity index (χ1n) is 6.41. The van der Waals surface area contributed by atoms with Crippen LogP contribution < -0.4 is 16.0 Å². The number of ether oxygens (including phenoxy) is 1. The molecule has 2 aromatic rings. The standard InChI is InChI=1S/C14H18N4O/c1-9-12(8-18(2)17-9)13(16-15)11-5-3-4-10-6-7-19-14(10)11/h3-5,8,13,16H,6-7,15H2,1-2H3. The van der Waals surface area contributed by atoms with E-state index < -0.39 is 0 Å². The number of fused-ring (bicyclic) bond motifs is 1. The number of para-hydroxylation sites is 1. The molecular formula is C14H18N4O. The molecule has 1 atom stereocenters. The zero-order valence-electron chi connectivity index (χ0n) is 11.2. The van der Waals surface area contributed by atoms with E-state index in [9.17, 15) is 0 Å². The van der Waals surface area contributed by atoms with Crippen LogP contribution in [0.1, 0.15) is 28.4 Å². The van der Waals surface area contributed by atoms with Crippen molar-refractivity contribution in [3.05, 3.63) is 46.8 Å². The number of hydrogen-bond acceptors (Lipinski definition) is 4. The second-order valence-electron chi connectivity index (χ2n) is 4.88. The Kier molecular flexibility index (Phi) is 3.00. The lowest BCUT2D eigenvalue weighted by molar-refractivity contribution is 0.350. The Morgan fingerprint density at radius 2 is 2.26 bits per heavy atom. The van der Waals surface area contributed by atoms with Crippen LogP contribution in [0.25, 0.3) is 0 Å². The summed E-state index contributed by atoms with van der Waals surface area (Å²) in [5.41, 5.74) is 7.26. The highest BCUT2D eigenvalue weighted by Gasteiger charge is 2.24. The number of aromatic nitrogens is 2. The van der Waals surface area contributed by atoms with E-state index in [0.29, 0.717) is 0 Å². The van der Waals surface area contributed by atoms with E-state index in [2.05, 4.69) is 28.7 Å². The summed E-state index contributed by atoms with van der Waals surface area (Å²) in [4.78, 5) is 0. The minimum Gasteiger partial charge on any atom is -0.493 e. The summed E-state index contributed by atoms with van der Waals surface area (Å²) >= 11 is 0. The molecular weight excluding hydrogens is 240 g/mol. The predicted molar refractivity (Wildman–Crippen MR) is 72.8 cm³/mol. The summed E-state index contributed by atoms with van der Waals surface area (Å²) in [6.45, 7) is 2.74. The van der Waals surface area contributed by atoms with Crippen molar-refractivity contribution in [1.29, 1.82) is 0 Å². The molecule has 5 nitrogen and oxygen atoms in total. The van der Waals surface area contributed by atoms with E-state index in [1.165, 1.54) is 5.56 Å². The van der Waals surface area contributed by atoms with Gasteiger partial charge in [0.1, 0.15) is 5.75 Å². The Labute approximate surface area is 112 Å². The highest BCUT2D eigenvalue weighted by atomic mass is 16.5. The maximum absolute atomic E-state index is 5.77. The molecule has 0 aliphatic carbocycles. The molecule has 0 fully saturated rings. The molecule has 0 radical (unpaired) electrons. The van der Waals surface area contributed by atoms with Gasteiger partial charge >= 0.3 is 0 Å². The fraction of sp³-hybridized carbons (Fsp3) is 0.357. The number of nitrogens with two attached hydrogens (primary N) is 1. The van der Waals surface area contributed by atoms with Gasteiger partial charge in [-0.2, -0.15) is 5.10 Å². The molecule has 0 bridgehead atoms. The maximum atomic E-state index is 5.77. The molecule has 100 valence electrons. The normalized spacial score (nSPS) is 15.1. The molecule has 0 amide bonds. The Morgan fingerprint density at radius 1 is 1.42 bits per heavy atom. The summed E-state index contributed by atoms with van der Waals surface area (Å²) in [6.07, 6.45) is 2.96. The minimum atomic E-state index is -0.0956. The first kappa shape index (κ1) is 12.2. The highest BCUT2D eigenvalue weighted by molar-refractivity contribution is 5.48. The van der Waals surface area contributed by atoms with Gasteiger partial charge in [-0.15, -0.1) is 0 Å². The fourth-order valence-corrected chi connectivity index (χ4v) is 2.72. The molecule has 1 aliphatic rings. The third-order valence-corrected chi connectivity index (χ3v) is 3.58. The van der Waals surface area contributed by atoms with Gasteiger partial charge in [0, 0.05) is 30.8 Å². The van der Waals surface area contributed by atoms with Crippen molar-refractivity contribution in [2.75, 3.05) is 6.61 Å². The van der Waals surface area contributed by atoms with Crippen LogP contribution in [0, 0.1) is 6.92 Å². The number of nitrogens with zero attached hydrogens (tertiary/aromatic N) is 2. The molecule has 19 heavy (non-hydrogen) atoms. The van der Waals surface area contributed by atoms with Gasteiger partial charge in [0.05, 0.1) is 18.3 Å². The van der Waals surface area contributed by atoms with Gasteiger partial charge in [-0.3, -0.25) is 10.5 Å². The summed E-state index contributed by atoms with van der Waals surface area (Å²) in [5.74, 6) is 6.73. The van der Waals surface area contributed by atoms with Crippen molar-refractivity contribution in [2.24, 2.45) is 12.9 Å². The van der Waals surface area contributed by atoms with E-state index in [0.717, 1.165) is 35.6 Å². The third kappa shape index (κ3) is 2.01. The first-order chi connectivity index (χ1) is 9.20. The molecule has 1 aliphatic heterocycles. The lowest BCUT2D eigenvalue weighted by Crippen LogP contribution is -2.29. The van der Waals surface area contributed by atoms with Crippen molar-refractivity contribution in [2.45, 2.75) is 19.4 Å². The Hall–Kier alpha value is -1.85. The molecule has 3 N–H and O–H groups in total. The molecule has 5 heteroatoms. The number of hydrazine groups is 1. The van der Waals surface area contributed by atoms with Gasteiger partial charge < -0.3 is 4.74 Å². The quantitative estimate of drug-likeness (QED) is 0.641. The SMILES string of the molecule is Cc1nn(C)cc1C(NN)c1cccc2c1OCC2. The van der Waals surface area contributed by atoms with Crippen molar-refractivity contribution in [1.82, 2.24) is 15.2 Å². The third-order valence-electron chi connectivity index (χ3n) is 3.58. The van der Waals surface area contributed by atoms with Crippen molar-refractivity contribution >= 4 is 0 Å². The predicted octanol–water partition coefficient (Wildman–Crippen LogP) is 1.22. The maximum Gasteiger partial charge on any atom is 0.127 e. The van der Waals surface area contributed by atoms with Crippen molar-refractivity contribution < 1.29 is 4.74 Å². The lowest BCUT2D eigenvalue weighted by Gasteiger charge is -2.18. The molecule has 1 aromatic heterocycles. The molecule has 3 rings (SSSR count). The van der Waals surface area contributed by atoms with Gasteiger partial charge in [0.15, 0.2) is 0 Å². The minimum absolute atomic E-state index is 0.0956. The fourth-order valence-electron chi connectivity index (χ4n) is 2.72. The molecule has 1 unspecified atom stereocenters. The van der Waals surface area contributed by atoms with Crippen LogP contribution in [0.5, 0.6) is 5.75 Å². The highest BCUT2D eigenvalue weighted by Crippen LogP contribution is 2.36. The molecule has 0 saturated heterocycles. The second kappa shape index (κ2) is 4.68. The number of aryl methyl sites for hydroxylation is 2. The van der Waals surface area contributed by atoms with E-state index in [1.54, 1.807) is 4.68 Å². The monoisotopic (exact) mass is 258 g/mol. The average molecular weight is 258 g/mol. The largest absolute Gasteiger partial charge is 0.493 e. The number of hydrogen-bond donors (Lipinski definition) is 2. The summed E-state index contributed by atoms with van der Waals surface area (Å²) < 4.78 is 7.56. The Bertz CT molecular complexity index is 605. The van der Waals surface area contributed by atoms with Crippen LogP contribution in [0.2, 0.25) is 0 Å². The smallest absolute Gasteiger partial charge is 0.127 e. The first-order valence-corrected chi connectivity index (χ1v) is 6.41.